The molecule has 0 bridgehead atoms. The van der Waals surface area contributed by atoms with Gasteiger partial charge in [-0.15, -0.1) is 0 Å². The van der Waals surface area contributed by atoms with Crippen LogP contribution in [0.4, 0.5) is 14.5 Å². The average molecular weight is 392 g/mol. The molecule has 0 saturated carbocycles. The van der Waals surface area contributed by atoms with Gasteiger partial charge in [-0.3, -0.25) is 4.72 Å². The summed E-state index contributed by atoms with van der Waals surface area (Å²) in [6.07, 6.45) is 1.42. The van der Waals surface area contributed by atoms with Crippen LogP contribution in [0.15, 0.2) is 65.7 Å². The number of pyridine rings is 1. The molecule has 27 heavy (non-hydrogen) atoms. The second-order valence-corrected chi connectivity index (χ2v) is 7.00. The Bertz CT molecular complexity index is 1060. The summed E-state index contributed by atoms with van der Waals surface area (Å²) in [5.41, 5.74) is 0.0399. The number of anilines is 1. The minimum atomic E-state index is -4.17. The van der Waals surface area contributed by atoms with Crippen LogP contribution in [0.1, 0.15) is 0 Å². The molecule has 140 valence electrons. The van der Waals surface area contributed by atoms with E-state index in [1.165, 1.54) is 25.4 Å². The predicted octanol–water partition coefficient (Wildman–Crippen LogP) is 3.96. The van der Waals surface area contributed by atoms with Gasteiger partial charge in [-0.1, -0.05) is 0 Å². The van der Waals surface area contributed by atoms with Crippen molar-refractivity contribution in [3.8, 4) is 17.4 Å². The Morgan fingerprint density at radius 3 is 2.33 bits per heavy atom. The molecule has 3 aromatic rings. The van der Waals surface area contributed by atoms with Crippen molar-refractivity contribution in [1.82, 2.24) is 4.98 Å². The lowest BCUT2D eigenvalue weighted by Crippen LogP contribution is -2.14. The molecule has 0 atom stereocenters. The van der Waals surface area contributed by atoms with Gasteiger partial charge in [-0.2, -0.15) is 0 Å². The maximum absolute atomic E-state index is 13.4. The van der Waals surface area contributed by atoms with E-state index in [0.717, 1.165) is 12.1 Å². The maximum atomic E-state index is 13.4. The Morgan fingerprint density at radius 2 is 1.67 bits per heavy atom. The van der Waals surface area contributed by atoms with Gasteiger partial charge in [0.15, 0.2) is 11.6 Å². The first kappa shape index (κ1) is 18.6. The fraction of sp³-hybridized carbons (Fsp3) is 0.0556. The highest BCUT2D eigenvalue weighted by molar-refractivity contribution is 7.92. The van der Waals surface area contributed by atoms with Crippen LogP contribution in [0, 0.1) is 11.6 Å². The third-order valence-corrected chi connectivity index (χ3v) is 4.85. The Morgan fingerprint density at radius 1 is 0.963 bits per heavy atom. The van der Waals surface area contributed by atoms with Crippen molar-refractivity contribution in [3.63, 3.8) is 0 Å². The van der Waals surface area contributed by atoms with E-state index in [1.54, 1.807) is 24.3 Å². The fourth-order valence-corrected chi connectivity index (χ4v) is 3.22. The third-order valence-electron chi connectivity index (χ3n) is 3.49. The first-order chi connectivity index (χ1) is 12.9. The highest BCUT2D eigenvalue weighted by atomic mass is 32.2. The molecule has 6 nitrogen and oxygen atoms in total. The number of ether oxygens (including phenoxy) is 2. The molecular formula is C18H14F2N2O4S. The largest absolute Gasteiger partial charge is 0.497 e. The zero-order valence-corrected chi connectivity index (χ0v) is 14.8. The van der Waals surface area contributed by atoms with Crippen LogP contribution in [0.25, 0.3) is 0 Å². The summed E-state index contributed by atoms with van der Waals surface area (Å²) in [4.78, 5) is 3.58. The Hall–Kier alpha value is -3.20. The van der Waals surface area contributed by atoms with E-state index in [1.807, 2.05) is 0 Å². The lowest BCUT2D eigenvalue weighted by molar-refractivity contribution is 0.412. The van der Waals surface area contributed by atoms with Gasteiger partial charge in [0.05, 0.1) is 12.0 Å². The van der Waals surface area contributed by atoms with Crippen LogP contribution in [0.5, 0.6) is 17.4 Å². The molecule has 0 aliphatic heterocycles. The second-order valence-electron chi connectivity index (χ2n) is 5.32. The number of halogens is 2. The number of benzene rings is 2. The van der Waals surface area contributed by atoms with Gasteiger partial charge in [-0.25, -0.2) is 22.2 Å². The van der Waals surface area contributed by atoms with Gasteiger partial charge in [0, 0.05) is 6.20 Å². The number of methoxy groups -OCH3 is 1. The Labute approximate surface area is 154 Å². The monoisotopic (exact) mass is 392 g/mol. The highest BCUT2D eigenvalue weighted by Crippen LogP contribution is 2.29. The molecule has 2 aromatic carbocycles. The fourth-order valence-electron chi connectivity index (χ4n) is 2.15. The van der Waals surface area contributed by atoms with Crippen molar-refractivity contribution >= 4 is 15.7 Å². The Balaban J connectivity index is 1.87. The minimum absolute atomic E-state index is 0.00572. The van der Waals surface area contributed by atoms with Crippen molar-refractivity contribution < 1.29 is 26.7 Å². The number of aromatic nitrogens is 1. The van der Waals surface area contributed by atoms with Gasteiger partial charge in [0.25, 0.3) is 10.0 Å². The van der Waals surface area contributed by atoms with Crippen LogP contribution in [-0.4, -0.2) is 20.5 Å². The molecule has 0 aliphatic rings. The molecule has 0 saturated heterocycles. The smallest absolute Gasteiger partial charge is 0.262 e. The normalized spacial score (nSPS) is 11.1. The summed E-state index contributed by atoms with van der Waals surface area (Å²) in [5, 5.41) is 0. The second kappa shape index (κ2) is 7.58. The standard InChI is InChI=1S/C18H14F2N2O4S/c1-25-12-4-6-13(7-5-12)26-18-17(3-2-10-21-18)22-27(23,24)14-8-9-15(19)16(20)11-14/h2-11,22H,1H3. The van der Waals surface area contributed by atoms with Crippen LogP contribution < -0.4 is 14.2 Å². The van der Waals surface area contributed by atoms with E-state index in [2.05, 4.69) is 9.71 Å². The van der Waals surface area contributed by atoms with Crippen molar-refractivity contribution in [1.29, 1.82) is 0 Å². The number of hydrogen-bond donors (Lipinski definition) is 1. The average Bonchev–Trinajstić information content (AvgIpc) is 2.66. The maximum Gasteiger partial charge on any atom is 0.262 e. The van der Waals surface area contributed by atoms with Gasteiger partial charge < -0.3 is 9.47 Å². The highest BCUT2D eigenvalue weighted by Gasteiger charge is 2.19. The van der Waals surface area contributed by atoms with E-state index in [-0.39, 0.29) is 11.6 Å². The Kier molecular flexibility index (Phi) is 5.22. The van der Waals surface area contributed by atoms with Crippen molar-refractivity contribution in [3.05, 3.63) is 72.4 Å². The van der Waals surface area contributed by atoms with Gasteiger partial charge in [0.2, 0.25) is 5.88 Å². The first-order valence-electron chi connectivity index (χ1n) is 7.64. The molecular weight excluding hydrogens is 378 g/mol. The summed E-state index contributed by atoms with van der Waals surface area (Å²) in [7, 11) is -2.65. The number of nitrogens with zero attached hydrogens (tertiary/aromatic N) is 1. The quantitative estimate of drug-likeness (QED) is 0.687. The van der Waals surface area contributed by atoms with E-state index >= 15 is 0 Å². The molecule has 1 heterocycles. The molecule has 0 spiro atoms. The van der Waals surface area contributed by atoms with Gasteiger partial charge >= 0.3 is 0 Å². The summed E-state index contributed by atoms with van der Waals surface area (Å²) < 4.78 is 64.2. The van der Waals surface area contributed by atoms with Crippen LogP contribution in [0.3, 0.4) is 0 Å². The van der Waals surface area contributed by atoms with Gasteiger partial charge in [-0.05, 0) is 54.6 Å². The zero-order chi connectivity index (χ0) is 19.4. The summed E-state index contributed by atoms with van der Waals surface area (Å²) in [6.45, 7) is 0. The predicted molar refractivity (Wildman–Crippen MR) is 94.5 cm³/mol. The van der Waals surface area contributed by atoms with Crippen LogP contribution in [0.2, 0.25) is 0 Å². The van der Waals surface area contributed by atoms with E-state index < -0.39 is 26.6 Å². The zero-order valence-electron chi connectivity index (χ0n) is 14.0. The van der Waals surface area contributed by atoms with E-state index in [9.17, 15) is 17.2 Å². The van der Waals surface area contributed by atoms with Crippen LogP contribution >= 0.6 is 0 Å². The molecule has 1 N–H and O–H groups in total. The molecule has 0 aliphatic carbocycles. The summed E-state index contributed by atoms with van der Waals surface area (Å²) >= 11 is 0. The lowest BCUT2D eigenvalue weighted by atomic mass is 10.3. The lowest BCUT2D eigenvalue weighted by Gasteiger charge is -2.12. The number of nitrogens with one attached hydrogen (secondary N) is 1. The molecule has 0 fully saturated rings. The van der Waals surface area contributed by atoms with Crippen molar-refractivity contribution in [2.24, 2.45) is 0 Å². The van der Waals surface area contributed by atoms with E-state index in [0.29, 0.717) is 17.6 Å². The molecule has 0 amide bonds. The SMILES string of the molecule is COc1ccc(Oc2ncccc2NS(=O)(=O)c2ccc(F)c(F)c2)cc1. The van der Waals surface area contributed by atoms with E-state index in [4.69, 9.17) is 9.47 Å². The molecule has 3 rings (SSSR count). The summed E-state index contributed by atoms with van der Waals surface area (Å²) in [6, 6.07) is 11.8. The molecule has 0 radical (unpaired) electrons. The van der Waals surface area contributed by atoms with Gasteiger partial charge in [0.1, 0.15) is 17.2 Å². The van der Waals surface area contributed by atoms with Crippen LogP contribution in [-0.2, 0) is 10.0 Å². The molecule has 0 unspecified atom stereocenters. The molecule has 9 heteroatoms. The van der Waals surface area contributed by atoms with Crippen molar-refractivity contribution in [2.75, 3.05) is 11.8 Å². The third kappa shape index (κ3) is 4.32. The number of rotatable bonds is 6. The first-order valence-corrected chi connectivity index (χ1v) is 9.12. The summed E-state index contributed by atoms with van der Waals surface area (Å²) in [5.74, 6) is -1.38. The number of hydrogen-bond acceptors (Lipinski definition) is 5. The molecule has 1 aromatic heterocycles. The topological polar surface area (TPSA) is 77.5 Å². The number of sulfonamides is 1. The minimum Gasteiger partial charge on any atom is -0.497 e. The van der Waals surface area contributed by atoms with Crippen molar-refractivity contribution in [2.45, 2.75) is 4.90 Å².